The van der Waals surface area contributed by atoms with Gasteiger partial charge in [0.25, 0.3) is 0 Å². The summed E-state index contributed by atoms with van der Waals surface area (Å²) in [6.45, 7) is 5.55. The summed E-state index contributed by atoms with van der Waals surface area (Å²) in [6, 6.07) is 12.2. The molecular weight excluding hydrogens is 314 g/mol. The van der Waals surface area contributed by atoms with Gasteiger partial charge in [-0.1, -0.05) is 18.2 Å². The van der Waals surface area contributed by atoms with E-state index in [1.807, 2.05) is 29.2 Å². The van der Waals surface area contributed by atoms with Crippen molar-refractivity contribution in [1.29, 1.82) is 0 Å². The Kier molecular flexibility index (Phi) is 5.66. The van der Waals surface area contributed by atoms with Crippen molar-refractivity contribution in [3.8, 4) is 5.75 Å². The van der Waals surface area contributed by atoms with Gasteiger partial charge in [0.05, 0.1) is 13.5 Å². The lowest BCUT2D eigenvalue weighted by atomic mass is 10.1. The number of hydrogen-bond acceptors (Lipinski definition) is 4. The Bertz CT molecular complexity index is 705. The van der Waals surface area contributed by atoms with Crippen LogP contribution in [0.15, 0.2) is 48.8 Å². The second-order valence-electron chi connectivity index (χ2n) is 6.56. The van der Waals surface area contributed by atoms with Crippen LogP contribution in [0, 0.1) is 0 Å². The van der Waals surface area contributed by atoms with Crippen LogP contribution in [0.1, 0.15) is 18.1 Å². The molecule has 1 aliphatic rings. The number of ether oxygens (including phenoxy) is 1. The number of carbonyl (C=O) groups excluding carboxylic acids is 1. The maximum Gasteiger partial charge on any atom is 0.227 e. The first-order valence-corrected chi connectivity index (χ1v) is 8.69. The number of hydrogen-bond donors (Lipinski definition) is 0. The summed E-state index contributed by atoms with van der Waals surface area (Å²) in [4.78, 5) is 21.1. The minimum atomic E-state index is 0.182. The molecule has 0 radical (unpaired) electrons. The molecule has 1 atom stereocenters. The van der Waals surface area contributed by atoms with E-state index in [1.54, 1.807) is 19.5 Å². The van der Waals surface area contributed by atoms with E-state index >= 15 is 0 Å². The van der Waals surface area contributed by atoms with E-state index in [4.69, 9.17) is 4.74 Å². The molecule has 132 valence electrons. The van der Waals surface area contributed by atoms with Crippen LogP contribution in [0.4, 0.5) is 0 Å². The topological polar surface area (TPSA) is 45.7 Å². The van der Waals surface area contributed by atoms with Gasteiger partial charge < -0.3 is 9.64 Å². The molecule has 5 nitrogen and oxygen atoms in total. The van der Waals surface area contributed by atoms with Gasteiger partial charge in [-0.25, -0.2) is 0 Å². The Morgan fingerprint density at radius 2 is 2.08 bits per heavy atom. The molecule has 0 bridgehead atoms. The summed E-state index contributed by atoms with van der Waals surface area (Å²) in [7, 11) is 1.69. The standard InChI is InChI=1S/C20H25N3O2/c1-16-14-22(15-18-5-3-7-19(11-18)25-2)9-10-23(16)20(24)12-17-6-4-8-21-13-17/h3-8,11,13,16H,9-10,12,14-15H2,1-2H3/t16-/m0/s1. The van der Waals surface area contributed by atoms with Gasteiger partial charge in [0.2, 0.25) is 5.91 Å². The zero-order chi connectivity index (χ0) is 17.6. The predicted molar refractivity (Wildman–Crippen MR) is 97.4 cm³/mol. The van der Waals surface area contributed by atoms with Crippen molar-refractivity contribution < 1.29 is 9.53 Å². The number of piperazine rings is 1. The molecule has 5 heteroatoms. The number of rotatable bonds is 5. The zero-order valence-corrected chi connectivity index (χ0v) is 14.9. The lowest BCUT2D eigenvalue weighted by Crippen LogP contribution is -2.54. The fourth-order valence-electron chi connectivity index (χ4n) is 3.36. The van der Waals surface area contributed by atoms with Gasteiger partial charge in [-0.2, -0.15) is 0 Å². The molecule has 1 saturated heterocycles. The van der Waals surface area contributed by atoms with Crippen LogP contribution in [0.2, 0.25) is 0 Å². The Labute approximate surface area is 149 Å². The third-order valence-corrected chi connectivity index (χ3v) is 4.65. The number of aromatic nitrogens is 1. The van der Waals surface area contributed by atoms with Gasteiger partial charge in [-0.15, -0.1) is 0 Å². The largest absolute Gasteiger partial charge is 0.497 e. The normalized spacial score (nSPS) is 18.2. The summed E-state index contributed by atoms with van der Waals surface area (Å²) < 4.78 is 5.29. The number of pyridine rings is 1. The molecule has 0 aliphatic carbocycles. The monoisotopic (exact) mass is 339 g/mol. The van der Waals surface area contributed by atoms with Crippen LogP contribution in [0.5, 0.6) is 5.75 Å². The quantitative estimate of drug-likeness (QED) is 0.839. The third kappa shape index (κ3) is 4.57. The molecule has 0 unspecified atom stereocenters. The van der Waals surface area contributed by atoms with Crippen molar-refractivity contribution in [2.24, 2.45) is 0 Å². The van der Waals surface area contributed by atoms with Crippen LogP contribution >= 0.6 is 0 Å². The van der Waals surface area contributed by atoms with E-state index in [-0.39, 0.29) is 11.9 Å². The molecule has 25 heavy (non-hydrogen) atoms. The predicted octanol–water partition coefficient (Wildman–Crippen LogP) is 2.37. The smallest absolute Gasteiger partial charge is 0.227 e. The van der Waals surface area contributed by atoms with E-state index in [2.05, 4.69) is 28.9 Å². The van der Waals surface area contributed by atoms with Gasteiger partial charge in [0.15, 0.2) is 0 Å². The van der Waals surface area contributed by atoms with Crippen LogP contribution in [-0.4, -0.2) is 53.5 Å². The molecule has 2 aromatic rings. The summed E-state index contributed by atoms with van der Waals surface area (Å²) in [5, 5.41) is 0. The van der Waals surface area contributed by atoms with Crippen molar-refractivity contribution in [1.82, 2.24) is 14.8 Å². The number of nitrogens with zero attached hydrogens (tertiary/aromatic N) is 3. The Hall–Kier alpha value is -2.40. The highest BCUT2D eigenvalue weighted by molar-refractivity contribution is 5.79. The van der Waals surface area contributed by atoms with Gasteiger partial charge in [0.1, 0.15) is 5.75 Å². The highest BCUT2D eigenvalue weighted by atomic mass is 16.5. The van der Waals surface area contributed by atoms with Crippen molar-refractivity contribution in [2.45, 2.75) is 25.9 Å². The second kappa shape index (κ2) is 8.12. The van der Waals surface area contributed by atoms with E-state index in [0.29, 0.717) is 6.42 Å². The first-order chi connectivity index (χ1) is 12.2. The molecule has 0 N–H and O–H groups in total. The van der Waals surface area contributed by atoms with Gasteiger partial charge >= 0.3 is 0 Å². The van der Waals surface area contributed by atoms with Gasteiger partial charge in [0, 0.05) is 44.6 Å². The molecule has 1 aromatic carbocycles. The Balaban J connectivity index is 1.55. The summed E-state index contributed by atoms with van der Waals surface area (Å²) in [5.74, 6) is 1.07. The van der Waals surface area contributed by atoms with E-state index in [9.17, 15) is 4.79 Å². The van der Waals surface area contributed by atoms with Crippen molar-refractivity contribution in [3.05, 3.63) is 59.9 Å². The SMILES string of the molecule is COc1cccc(CN2CCN(C(=O)Cc3cccnc3)[C@@H](C)C2)c1. The molecule has 3 rings (SSSR count). The first kappa shape index (κ1) is 17.4. The molecule has 1 aromatic heterocycles. The first-order valence-electron chi connectivity index (χ1n) is 8.69. The maximum absolute atomic E-state index is 12.6. The van der Waals surface area contributed by atoms with E-state index in [1.165, 1.54) is 5.56 Å². The average Bonchev–Trinajstić information content (AvgIpc) is 2.62. The molecule has 1 fully saturated rings. The van der Waals surface area contributed by atoms with Crippen molar-refractivity contribution >= 4 is 5.91 Å². The molecule has 1 amide bonds. The highest BCUT2D eigenvalue weighted by Gasteiger charge is 2.27. The van der Waals surface area contributed by atoms with Crippen molar-refractivity contribution in [2.75, 3.05) is 26.7 Å². The Morgan fingerprint density at radius 3 is 2.80 bits per heavy atom. The molecular formula is C20H25N3O2. The van der Waals surface area contributed by atoms with Crippen LogP contribution in [-0.2, 0) is 17.8 Å². The summed E-state index contributed by atoms with van der Waals surface area (Å²) in [5.41, 5.74) is 2.21. The average molecular weight is 339 g/mol. The minimum absolute atomic E-state index is 0.182. The molecule has 0 spiro atoms. The maximum atomic E-state index is 12.6. The minimum Gasteiger partial charge on any atom is -0.497 e. The molecule has 2 heterocycles. The fraction of sp³-hybridized carbons (Fsp3) is 0.400. The highest BCUT2D eigenvalue weighted by Crippen LogP contribution is 2.17. The Morgan fingerprint density at radius 1 is 1.24 bits per heavy atom. The van der Waals surface area contributed by atoms with Gasteiger partial charge in [-0.05, 0) is 36.2 Å². The molecule has 0 saturated carbocycles. The number of methoxy groups -OCH3 is 1. The lowest BCUT2D eigenvalue weighted by Gasteiger charge is -2.40. The lowest BCUT2D eigenvalue weighted by molar-refractivity contribution is -0.135. The van der Waals surface area contributed by atoms with E-state index < -0.39 is 0 Å². The van der Waals surface area contributed by atoms with E-state index in [0.717, 1.165) is 37.5 Å². The second-order valence-corrected chi connectivity index (χ2v) is 6.56. The zero-order valence-electron chi connectivity index (χ0n) is 14.9. The number of amides is 1. The van der Waals surface area contributed by atoms with Crippen LogP contribution in [0.25, 0.3) is 0 Å². The summed E-state index contributed by atoms with van der Waals surface area (Å²) >= 11 is 0. The van der Waals surface area contributed by atoms with Crippen LogP contribution in [0.3, 0.4) is 0 Å². The fourth-order valence-corrected chi connectivity index (χ4v) is 3.36. The van der Waals surface area contributed by atoms with Crippen molar-refractivity contribution in [3.63, 3.8) is 0 Å². The molecule has 1 aliphatic heterocycles. The number of benzene rings is 1. The number of carbonyl (C=O) groups is 1. The van der Waals surface area contributed by atoms with Crippen LogP contribution < -0.4 is 4.74 Å². The summed E-state index contributed by atoms with van der Waals surface area (Å²) in [6.07, 6.45) is 3.92. The van der Waals surface area contributed by atoms with Gasteiger partial charge in [-0.3, -0.25) is 14.7 Å². The third-order valence-electron chi connectivity index (χ3n) is 4.65.